The Hall–Kier alpha value is -2.79. The van der Waals surface area contributed by atoms with Crippen molar-refractivity contribution in [2.75, 3.05) is 52.6 Å². The molecule has 2 aromatic rings. The number of methoxy groups -OCH3 is 3. The van der Waals surface area contributed by atoms with Crippen molar-refractivity contribution < 1.29 is 39.1 Å². The maximum Gasteiger partial charge on any atom is 0.237 e. The van der Waals surface area contributed by atoms with E-state index in [0.717, 1.165) is 36.9 Å². The molecule has 1 aromatic carbocycles. The van der Waals surface area contributed by atoms with Crippen LogP contribution in [0.1, 0.15) is 44.2 Å². The molecule has 2 aliphatic rings. The first kappa shape index (κ1) is 39.6. The Morgan fingerprint density at radius 3 is 2.31 bits per heavy atom. The van der Waals surface area contributed by atoms with Crippen LogP contribution >= 0.6 is 23.4 Å². The summed E-state index contributed by atoms with van der Waals surface area (Å²) in [6.45, 7) is 4.74. The van der Waals surface area contributed by atoms with E-state index in [9.17, 15) is 20.1 Å². The van der Waals surface area contributed by atoms with Crippen molar-refractivity contribution in [3.8, 4) is 17.2 Å². The highest BCUT2D eigenvalue weighted by Crippen LogP contribution is 2.39. The van der Waals surface area contributed by atoms with Gasteiger partial charge in [-0.25, -0.2) is 4.98 Å². The lowest BCUT2D eigenvalue weighted by Gasteiger charge is -2.44. The summed E-state index contributed by atoms with van der Waals surface area (Å²) in [5.74, 6) is 2.58. The highest BCUT2D eigenvalue weighted by Gasteiger charge is 2.48. The number of benzene rings is 1. The van der Waals surface area contributed by atoms with Crippen molar-refractivity contribution in [3.63, 3.8) is 0 Å². The van der Waals surface area contributed by atoms with Crippen molar-refractivity contribution >= 4 is 41.0 Å². The van der Waals surface area contributed by atoms with Crippen molar-refractivity contribution in [2.24, 2.45) is 5.92 Å². The van der Waals surface area contributed by atoms with Gasteiger partial charge in [-0.1, -0.05) is 13.3 Å². The molecule has 2 aliphatic heterocycles. The predicted octanol–water partition coefficient (Wildman–Crippen LogP) is 1.65. The normalized spacial score (nSPS) is 26.9. The summed E-state index contributed by atoms with van der Waals surface area (Å²) in [5.41, 5.74) is 12.3. The minimum Gasteiger partial charge on any atom is -0.493 e. The number of halogens is 1. The van der Waals surface area contributed by atoms with Gasteiger partial charge in [-0.2, -0.15) is 4.98 Å². The number of likely N-dealkylation sites (N-methyl/N-ethyl adjacent to an activating group) is 1. The third kappa shape index (κ3) is 9.67. The minimum atomic E-state index is -1.36. The van der Waals surface area contributed by atoms with E-state index in [1.54, 1.807) is 40.7 Å². The highest BCUT2D eigenvalue weighted by atomic mass is 35.5. The summed E-state index contributed by atoms with van der Waals surface area (Å²) in [4.78, 5) is 22.9. The lowest BCUT2D eigenvalue weighted by atomic mass is 9.92. The number of nitrogens with one attached hydrogen (secondary N) is 1. The number of hydrogen-bond donors (Lipinski definition) is 6. The third-order valence-corrected chi connectivity index (χ3v) is 9.79. The molecule has 0 spiro atoms. The molecule has 0 unspecified atom stereocenters. The summed E-state index contributed by atoms with van der Waals surface area (Å²) in [6.07, 6.45) is 2.04. The number of alkyl halides is 1. The van der Waals surface area contributed by atoms with Gasteiger partial charge in [-0.3, -0.25) is 9.69 Å². The number of carbonyl (C=O) groups excluding carboxylic acids is 1. The van der Waals surface area contributed by atoms with Crippen LogP contribution in [0.2, 0.25) is 0 Å². The van der Waals surface area contributed by atoms with Gasteiger partial charge < -0.3 is 51.1 Å². The number of aliphatic hydroxyl groups excluding tert-OH is 3. The van der Waals surface area contributed by atoms with Crippen LogP contribution in [-0.4, -0.2) is 125 Å². The lowest BCUT2D eigenvalue weighted by Crippen LogP contribution is -2.65. The number of carbonyl (C=O) groups is 1. The number of anilines is 2. The topological polar surface area (TPSA) is 208 Å². The SMILES string of the molecule is CCC[C@@H]1C[C@@H](C(=O)N[C@@H]([C@H]2O[C@H](SC)[C@H](O)[C@@H](O)[C@H]2O)[C@H](C)Cl)N(C)C1.COc1cc(Cc2cnc(N)nc2N)cc(OC)c1OC. The van der Waals surface area contributed by atoms with Gasteiger partial charge in [0.2, 0.25) is 17.6 Å². The zero-order valence-corrected chi connectivity index (χ0v) is 30.2. The van der Waals surface area contributed by atoms with E-state index in [0.29, 0.717) is 35.4 Å². The standard InChI is InChI=1S/C18H33ClN2O5S.C14H18N4O3/c1-5-6-10-7-11(21(3)8-10)17(25)20-12(9(2)19)16-14(23)13(22)15(24)18(26-16)27-4;1-19-10-5-8(6-11(20-2)12(10)21-3)4-9-7-17-14(16)18-13(9)15/h9-16,18,22-24H,5-8H2,1-4H3,(H,20,25);5-7H,4H2,1-3H3,(H4,15,16,17,18)/t9-,10+,11-,12+,13-,14+,15+,16+,18+;/m0./s1. The molecule has 14 nitrogen and oxygen atoms in total. The second-order valence-electron chi connectivity index (χ2n) is 12.1. The Balaban J connectivity index is 0.000000269. The molecule has 270 valence electrons. The molecule has 1 aromatic heterocycles. The van der Waals surface area contributed by atoms with Gasteiger partial charge in [0.05, 0.1) is 38.8 Å². The molecule has 8 N–H and O–H groups in total. The molecule has 4 rings (SSSR count). The molecule has 3 heterocycles. The maximum absolute atomic E-state index is 12.9. The van der Waals surface area contributed by atoms with Crippen molar-refractivity contribution in [1.82, 2.24) is 20.2 Å². The molecule has 0 saturated carbocycles. The summed E-state index contributed by atoms with van der Waals surface area (Å²) in [6, 6.07) is 2.78. The lowest BCUT2D eigenvalue weighted by molar-refractivity contribution is -0.205. The van der Waals surface area contributed by atoms with E-state index in [4.69, 9.17) is 42.0 Å². The number of nitrogens with zero attached hydrogens (tertiary/aromatic N) is 3. The third-order valence-electron chi connectivity index (χ3n) is 8.67. The minimum absolute atomic E-state index is 0.147. The van der Waals surface area contributed by atoms with Gasteiger partial charge in [0.15, 0.2) is 11.5 Å². The Labute approximate surface area is 291 Å². The second-order valence-corrected chi connectivity index (χ2v) is 13.7. The Kier molecular flexibility index (Phi) is 15.1. The van der Waals surface area contributed by atoms with Crippen LogP contribution < -0.4 is 31.0 Å². The zero-order chi connectivity index (χ0) is 35.7. The van der Waals surface area contributed by atoms with Crippen molar-refractivity contribution in [1.29, 1.82) is 0 Å². The number of aromatic nitrogens is 2. The van der Waals surface area contributed by atoms with Crippen LogP contribution in [0.5, 0.6) is 17.2 Å². The molecular formula is C32H51ClN6O8S. The predicted molar refractivity (Wildman–Crippen MR) is 187 cm³/mol. The van der Waals surface area contributed by atoms with Gasteiger partial charge >= 0.3 is 0 Å². The van der Waals surface area contributed by atoms with E-state index in [1.165, 1.54) is 11.8 Å². The molecule has 2 saturated heterocycles. The summed E-state index contributed by atoms with van der Waals surface area (Å²) >= 11 is 7.55. The summed E-state index contributed by atoms with van der Waals surface area (Å²) in [5, 5.41) is 33.0. The second kappa shape index (κ2) is 18.3. The van der Waals surface area contributed by atoms with E-state index in [1.807, 2.05) is 24.1 Å². The number of ether oxygens (including phenoxy) is 4. The molecule has 0 bridgehead atoms. The van der Waals surface area contributed by atoms with Gasteiger partial charge in [0.25, 0.3) is 0 Å². The molecular weight excluding hydrogens is 664 g/mol. The Morgan fingerprint density at radius 2 is 1.79 bits per heavy atom. The first-order valence-corrected chi connectivity index (χ1v) is 17.5. The van der Waals surface area contributed by atoms with Crippen LogP contribution in [0.4, 0.5) is 11.8 Å². The average molecular weight is 715 g/mol. The maximum atomic E-state index is 12.9. The van der Waals surface area contributed by atoms with E-state index in [2.05, 4.69) is 22.2 Å². The molecule has 1 amide bonds. The highest BCUT2D eigenvalue weighted by molar-refractivity contribution is 7.99. The van der Waals surface area contributed by atoms with E-state index < -0.39 is 41.3 Å². The van der Waals surface area contributed by atoms with Gasteiger partial charge in [0.1, 0.15) is 35.7 Å². The molecule has 0 radical (unpaired) electrons. The number of aliphatic hydroxyl groups is 3. The van der Waals surface area contributed by atoms with Crippen LogP contribution in [0.25, 0.3) is 0 Å². The number of amides is 1. The molecule has 48 heavy (non-hydrogen) atoms. The quantitative estimate of drug-likeness (QED) is 0.173. The number of hydrogen-bond acceptors (Lipinski definition) is 14. The van der Waals surface area contributed by atoms with Crippen LogP contribution in [0.3, 0.4) is 0 Å². The first-order chi connectivity index (χ1) is 22.8. The summed E-state index contributed by atoms with van der Waals surface area (Å²) < 4.78 is 21.7. The van der Waals surface area contributed by atoms with Gasteiger partial charge in [0, 0.05) is 24.7 Å². The first-order valence-electron chi connectivity index (χ1n) is 15.8. The van der Waals surface area contributed by atoms with Crippen molar-refractivity contribution in [2.45, 2.75) is 86.8 Å². The molecule has 16 heteroatoms. The number of nitrogens with two attached hydrogens (primary N) is 2. The van der Waals surface area contributed by atoms with Gasteiger partial charge in [-0.15, -0.1) is 23.4 Å². The van der Waals surface area contributed by atoms with Crippen LogP contribution in [-0.2, 0) is 16.0 Å². The number of likely N-dealkylation sites (tertiary alicyclic amines) is 1. The molecule has 9 atom stereocenters. The number of thioether (sulfide) groups is 1. The monoisotopic (exact) mass is 714 g/mol. The molecule has 2 fully saturated rings. The fourth-order valence-electron chi connectivity index (χ4n) is 6.14. The fraction of sp³-hybridized carbons (Fsp3) is 0.656. The number of rotatable bonds is 12. The van der Waals surface area contributed by atoms with Gasteiger partial charge in [-0.05, 0) is 56.7 Å². The fourth-order valence-corrected chi connectivity index (χ4v) is 7.03. The smallest absolute Gasteiger partial charge is 0.237 e. The molecule has 0 aliphatic carbocycles. The van der Waals surface area contributed by atoms with E-state index in [-0.39, 0.29) is 17.9 Å². The number of nitrogen functional groups attached to an aromatic ring is 2. The van der Waals surface area contributed by atoms with Crippen LogP contribution in [0.15, 0.2) is 18.3 Å². The Morgan fingerprint density at radius 1 is 1.15 bits per heavy atom. The zero-order valence-electron chi connectivity index (χ0n) is 28.6. The van der Waals surface area contributed by atoms with E-state index >= 15 is 0 Å². The average Bonchev–Trinajstić information content (AvgIpc) is 3.43. The largest absolute Gasteiger partial charge is 0.493 e. The van der Waals surface area contributed by atoms with Crippen LogP contribution in [0, 0.1) is 5.92 Å². The van der Waals surface area contributed by atoms with Crippen molar-refractivity contribution in [3.05, 3.63) is 29.5 Å². The Bertz CT molecular complexity index is 1320. The summed E-state index contributed by atoms with van der Waals surface area (Å²) in [7, 11) is 6.64.